The van der Waals surface area contributed by atoms with Crippen molar-refractivity contribution in [2.45, 2.75) is 33.8 Å². The Morgan fingerprint density at radius 1 is 1.35 bits per heavy atom. The van der Waals surface area contributed by atoms with Gasteiger partial charge in [-0.15, -0.1) is 0 Å². The summed E-state index contributed by atoms with van der Waals surface area (Å²) >= 11 is 6.32. The molecule has 2 N–H and O–H groups in total. The average molecular weight is 294 g/mol. The summed E-state index contributed by atoms with van der Waals surface area (Å²) in [6.07, 6.45) is 0.809. The second-order valence-electron chi connectivity index (χ2n) is 4.90. The van der Waals surface area contributed by atoms with Gasteiger partial charge >= 0.3 is 0 Å². The number of ether oxygens (including phenoxy) is 1. The van der Waals surface area contributed by atoms with Crippen molar-refractivity contribution in [3.05, 3.63) is 39.7 Å². The molecule has 0 unspecified atom stereocenters. The first-order valence-electron chi connectivity index (χ1n) is 6.64. The summed E-state index contributed by atoms with van der Waals surface area (Å²) in [5.74, 6) is 0.820. The molecule has 1 aromatic heterocycles. The molecule has 2 rings (SSSR count). The first-order valence-corrected chi connectivity index (χ1v) is 7.02. The van der Waals surface area contributed by atoms with Crippen LogP contribution in [0.15, 0.2) is 12.1 Å². The van der Waals surface area contributed by atoms with Gasteiger partial charge in [0.2, 0.25) is 0 Å². The van der Waals surface area contributed by atoms with E-state index in [1.807, 2.05) is 40.0 Å². The summed E-state index contributed by atoms with van der Waals surface area (Å²) in [6, 6.07) is 3.85. The fourth-order valence-electron chi connectivity index (χ4n) is 2.18. The third-order valence-corrected chi connectivity index (χ3v) is 3.94. The number of nitrogens with zero attached hydrogens (tertiary/aromatic N) is 2. The molecule has 0 saturated carbocycles. The van der Waals surface area contributed by atoms with Gasteiger partial charge in [-0.1, -0.05) is 24.6 Å². The van der Waals surface area contributed by atoms with Crippen molar-refractivity contribution in [2.24, 2.45) is 7.05 Å². The van der Waals surface area contributed by atoms with Gasteiger partial charge in [0, 0.05) is 18.3 Å². The van der Waals surface area contributed by atoms with E-state index < -0.39 is 0 Å². The van der Waals surface area contributed by atoms with E-state index in [0.717, 1.165) is 40.4 Å². The molecule has 108 valence electrons. The summed E-state index contributed by atoms with van der Waals surface area (Å²) in [7, 11) is 1.88. The number of aromatic nitrogens is 2. The Hall–Kier alpha value is -1.68. The van der Waals surface area contributed by atoms with E-state index in [4.69, 9.17) is 22.1 Å². The molecule has 0 bridgehead atoms. The number of anilines is 1. The number of hydrogen-bond acceptors (Lipinski definition) is 3. The molecule has 0 aliphatic heterocycles. The molecule has 0 spiro atoms. The molecule has 0 fully saturated rings. The molecular weight excluding hydrogens is 274 g/mol. The minimum Gasteiger partial charge on any atom is -0.487 e. The summed E-state index contributed by atoms with van der Waals surface area (Å²) in [6.45, 7) is 6.38. The largest absolute Gasteiger partial charge is 0.487 e. The van der Waals surface area contributed by atoms with Crippen molar-refractivity contribution >= 4 is 17.3 Å². The Labute approximate surface area is 124 Å². The van der Waals surface area contributed by atoms with Gasteiger partial charge in [0.05, 0.1) is 16.4 Å². The van der Waals surface area contributed by atoms with Crippen molar-refractivity contribution in [1.29, 1.82) is 0 Å². The molecule has 0 radical (unpaired) electrons. The number of nitrogen functional groups attached to an aromatic ring is 1. The predicted molar refractivity (Wildman–Crippen MR) is 82.3 cm³/mol. The predicted octanol–water partition coefficient (Wildman–Crippen LogP) is 3.41. The highest BCUT2D eigenvalue weighted by molar-refractivity contribution is 6.31. The van der Waals surface area contributed by atoms with E-state index in [-0.39, 0.29) is 0 Å². The van der Waals surface area contributed by atoms with Crippen LogP contribution in [0, 0.1) is 13.8 Å². The molecule has 5 heteroatoms. The quantitative estimate of drug-likeness (QED) is 0.879. The zero-order chi connectivity index (χ0) is 14.9. The Morgan fingerprint density at radius 3 is 2.65 bits per heavy atom. The molecule has 1 heterocycles. The zero-order valence-electron chi connectivity index (χ0n) is 12.3. The van der Waals surface area contributed by atoms with Crippen molar-refractivity contribution in [3.63, 3.8) is 0 Å². The lowest BCUT2D eigenvalue weighted by Crippen LogP contribution is -2.06. The number of rotatable bonds is 4. The summed E-state index contributed by atoms with van der Waals surface area (Å²) in [4.78, 5) is 0. The van der Waals surface area contributed by atoms with Crippen LogP contribution in [0.25, 0.3) is 0 Å². The first kappa shape index (κ1) is 14.7. The van der Waals surface area contributed by atoms with Crippen LogP contribution in [0.5, 0.6) is 5.75 Å². The lowest BCUT2D eigenvalue weighted by atomic mass is 10.1. The van der Waals surface area contributed by atoms with Gasteiger partial charge in [0.15, 0.2) is 0 Å². The van der Waals surface area contributed by atoms with E-state index >= 15 is 0 Å². The van der Waals surface area contributed by atoms with E-state index in [9.17, 15) is 0 Å². The molecule has 0 saturated heterocycles. The van der Waals surface area contributed by atoms with Crippen molar-refractivity contribution in [3.8, 4) is 5.75 Å². The van der Waals surface area contributed by atoms with Crippen LogP contribution in [0.2, 0.25) is 5.02 Å². The van der Waals surface area contributed by atoms with Crippen molar-refractivity contribution in [2.75, 3.05) is 5.73 Å². The molecule has 0 aliphatic carbocycles. The SMILES string of the molecule is CCc1nn(C)c(COc2c(C)ccc(N)c2C)c1Cl. The fourth-order valence-corrected chi connectivity index (χ4v) is 2.53. The maximum absolute atomic E-state index is 6.32. The van der Waals surface area contributed by atoms with Crippen molar-refractivity contribution in [1.82, 2.24) is 9.78 Å². The second kappa shape index (κ2) is 5.75. The molecule has 0 atom stereocenters. The van der Waals surface area contributed by atoms with Gasteiger partial charge < -0.3 is 10.5 Å². The smallest absolute Gasteiger partial charge is 0.131 e. The monoisotopic (exact) mass is 293 g/mol. The van der Waals surface area contributed by atoms with Gasteiger partial charge in [0.25, 0.3) is 0 Å². The minimum absolute atomic E-state index is 0.382. The van der Waals surface area contributed by atoms with Gasteiger partial charge in [-0.05, 0) is 31.9 Å². The minimum atomic E-state index is 0.382. The maximum atomic E-state index is 6.32. The molecule has 4 nitrogen and oxygen atoms in total. The lowest BCUT2D eigenvalue weighted by Gasteiger charge is -2.14. The number of aryl methyl sites for hydroxylation is 3. The standard InChI is InChI=1S/C15H20ClN3O/c1-5-12-14(16)13(19(4)18-12)8-20-15-9(2)6-7-11(17)10(15)3/h6-7H,5,8,17H2,1-4H3. The Kier molecular flexibility index (Phi) is 4.23. The Balaban J connectivity index is 2.26. The third-order valence-electron chi connectivity index (χ3n) is 3.50. The highest BCUT2D eigenvalue weighted by Gasteiger charge is 2.15. The molecule has 20 heavy (non-hydrogen) atoms. The van der Waals surface area contributed by atoms with E-state index in [0.29, 0.717) is 11.6 Å². The molecule has 0 aliphatic rings. The number of nitrogens with two attached hydrogens (primary N) is 1. The summed E-state index contributed by atoms with van der Waals surface area (Å²) in [5.41, 5.74) is 10.4. The first-order chi connectivity index (χ1) is 9.45. The van der Waals surface area contributed by atoms with Crippen LogP contribution in [-0.4, -0.2) is 9.78 Å². The van der Waals surface area contributed by atoms with Crippen LogP contribution < -0.4 is 10.5 Å². The number of benzene rings is 1. The van der Waals surface area contributed by atoms with E-state index in [2.05, 4.69) is 5.10 Å². The topological polar surface area (TPSA) is 53.1 Å². The zero-order valence-corrected chi connectivity index (χ0v) is 13.1. The molecule has 2 aromatic rings. The van der Waals surface area contributed by atoms with Crippen LogP contribution in [0.3, 0.4) is 0 Å². The second-order valence-corrected chi connectivity index (χ2v) is 5.28. The Morgan fingerprint density at radius 2 is 2.05 bits per heavy atom. The van der Waals surface area contributed by atoms with Crippen LogP contribution in [0.1, 0.15) is 29.4 Å². The normalized spacial score (nSPS) is 10.8. The van der Waals surface area contributed by atoms with Crippen LogP contribution in [0.4, 0.5) is 5.69 Å². The number of halogens is 1. The number of hydrogen-bond donors (Lipinski definition) is 1. The van der Waals surface area contributed by atoms with Gasteiger partial charge in [0.1, 0.15) is 12.4 Å². The third kappa shape index (κ3) is 2.61. The van der Waals surface area contributed by atoms with Gasteiger partial charge in [-0.3, -0.25) is 4.68 Å². The summed E-state index contributed by atoms with van der Waals surface area (Å²) in [5, 5.41) is 5.07. The average Bonchev–Trinajstić information content (AvgIpc) is 2.70. The van der Waals surface area contributed by atoms with E-state index in [1.165, 1.54) is 0 Å². The lowest BCUT2D eigenvalue weighted by molar-refractivity contribution is 0.291. The van der Waals surface area contributed by atoms with Crippen molar-refractivity contribution < 1.29 is 4.74 Å². The molecule has 0 amide bonds. The van der Waals surface area contributed by atoms with Gasteiger partial charge in [-0.25, -0.2) is 0 Å². The maximum Gasteiger partial charge on any atom is 0.131 e. The molecular formula is C15H20ClN3O. The highest BCUT2D eigenvalue weighted by atomic mass is 35.5. The highest BCUT2D eigenvalue weighted by Crippen LogP contribution is 2.29. The van der Waals surface area contributed by atoms with E-state index in [1.54, 1.807) is 4.68 Å². The summed E-state index contributed by atoms with van der Waals surface area (Å²) < 4.78 is 7.70. The fraction of sp³-hybridized carbons (Fsp3) is 0.400. The van der Waals surface area contributed by atoms with Crippen LogP contribution in [-0.2, 0) is 20.1 Å². The van der Waals surface area contributed by atoms with Gasteiger partial charge in [-0.2, -0.15) is 5.10 Å². The molecule has 1 aromatic carbocycles. The Bertz CT molecular complexity index is 635. The van der Waals surface area contributed by atoms with Crippen LogP contribution >= 0.6 is 11.6 Å².